The van der Waals surface area contributed by atoms with Crippen molar-refractivity contribution < 1.29 is 14.8 Å². The van der Waals surface area contributed by atoms with E-state index in [2.05, 4.69) is 11.4 Å². The summed E-state index contributed by atoms with van der Waals surface area (Å²) in [4.78, 5) is 23.4. The van der Waals surface area contributed by atoms with Gasteiger partial charge in [0.15, 0.2) is 0 Å². The molecule has 0 bridgehead atoms. The molecule has 1 heterocycles. The lowest BCUT2D eigenvalue weighted by molar-refractivity contribution is -0.387. The Bertz CT molecular complexity index is 954. The van der Waals surface area contributed by atoms with Crippen molar-refractivity contribution in [3.05, 3.63) is 63.7 Å². The Balaban J connectivity index is 1.70. The number of nitro benzene ring substituents is 1. The summed E-state index contributed by atoms with van der Waals surface area (Å²) >= 11 is 8.25. The lowest BCUT2D eigenvalue weighted by atomic mass is 9.79. The van der Waals surface area contributed by atoms with Crippen molar-refractivity contribution in [1.82, 2.24) is 0 Å². The molecule has 0 unspecified atom stereocenters. The molecule has 1 aliphatic heterocycles. The Labute approximate surface area is 171 Å². The van der Waals surface area contributed by atoms with Crippen LogP contribution >= 0.6 is 23.4 Å². The average molecular weight is 419 g/mol. The molecular formula is C20H19ClN2O4S. The summed E-state index contributed by atoms with van der Waals surface area (Å²) in [5, 5.41) is 23.8. The minimum atomic E-state index is -0.901. The van der Waals surface area contributed by atoms with E-state index in [9.17, 15) is 20.0 Å². The third-order valence-corrected chi connectivity index (χ3v) is 7.69. The van der Waals surface area contributed by atoms with Gasteiger partial charge in [-0.2, -0.15) is 0 Å². The molecular weight excluding hydrogens is 400 g/mol. The fourth-order valence-corrected chi connectivity index (χ4v) is 6.29. The summed E-state index contributed by atoms with van der Waals surface area (Å²) in [5.74, 6) is -1.19. The number of thioether (sulfide) groups is 1. The van der Waals surface area contributed by atoms with Gasteiger partial charge in [0.25, 0.3) is 5.69 Å². The number of aliphatic carboxylic acids is 1. The molecule has 5 atom stereocenters. The number of nitrogens with one attached hydrogen (secondary N) is 1. The number of halogens is 1. The van der Waals surface area contributed by atoms with Crippen LogP contribution in [0.25, 0.3) is 0 Å². The highest BCUT2D eigenvalue weighted by Gasteiger charge is 2.52. The van der Waals surface area contributed by atoms with E-state index in [-0.39, 0.29) is 28.2 Å². The molecule has 0 spiro atoms. The number of nitrogens with zero attached hydrogens (tertiary/aromatic N) is 1. The largest absolute Gasteiger partial charge is 0.480 e. The molecule has 4 rings (SSSR count). The van der Waals surface area contributed by atoms with Gasteiger partial charge in [0, 0.05) is 22.9 Å². The smallest absolute Gasteiger partial charge is 0.326 e. The maximum absolute atomic E-state index is 11.9. The summed E-state index contributed by atoms with van der Waals surface area (Å²) in [6.45, 7) is 2.00. The third kappa shape index (κ3) is 3.22. The molecule has 1 aliphatic carbocycles. The Morgan fingerprint density at radius 2 is 2.07 bits per heavy atom. The van der Waals surface area contributed by atoms with Crippen LogP contribution in [0.5, 0.6) is 0 Å². The quantitative estimate of drug-likeness (QED) is 0.426. The van der Waals surface area contributed by atoms with E-state index < -0.39 is 16.9 Å². The lowest BCUT2D eigenvalue weighted by Crippen LogP contribution is -2.42. The summed E-state index contributed by atoms with van der Waals surface area (Å²) in [6.07, 6.45) is 0.576. The number of hydrogen-bond donors (Lipinski definition) is 2. The third-order valence-electron chi connectivity index (χ3n) is 5.58. The molecule has 2 aromatic rings. The first-order valence-corrected chi connectivity index (χ1v) is 10.3. The molecule has 1 fully saturated rings. The van der Waals surface area contributed by atoms with Gasteiger partial charge < -0.3 is 10.4 Å². The van der Waals surface area contributed by atoms with Crippen LogP contribution in [-0.2, 0) is 4.79 Å². The van der Waals surface area contributed by atoms with Crippen LogP contribution < -0.4 is 5.32 Å². The number of para-hydroxylation sites is 1. The van der Waals surface area contributed by atoms with Crippen molar-refractivity contribution in [3.63, 3.8) is 0 Å². The first-order valence-electron chi connectivity index (χ1n) is 9.01. The van der Waals surface area contributed by atoms with E-state index in [4.69, 9.17) is 11.6 Å². The van der Waals surface area contributed by atoms with Crippen LogP contribution in [0.1, 0.15) is 23.5 Å². The maximum Gasteiger partial charge on any atom is 0.326 e. The number of benzene rings is 2. The topological polar surface area (TPSA) is 92.5 Å². The minimum absolute atomic E-state index is 0.0513. The van der Waals surface area contributed by atoms with Crippen LogP contribution in [0.2, 0.25) is 0 Å². The van der Waals surface area contributed by atoms with E-state index in [1.807, 2.05) is 19.1 Å². The summed E-state index contributed by atoms with van der Waals surface area (Å²) in [5.41, 5.74) is 2.98. The highest BCUT2D eigenvalue weighted by molar-refractivity contribution is 8.00. The normalized spacial score (nSPS) is 28.1. The number of rotatable bonds is 4. The number of carboxylic acid groups (broad SMARTS) is 1. The molecule has 28 heavy (non-hydrogen) atoms. The van der Waals surface area contributed by atoms with Crippen molar-refractivity contribution in [2.45, 2.75) is 40.8 Å². The van der Waals surface area contributed by atoms with E-state index in [1.54, 1.807) is 18.2 Å². The molecule has 2 aliphatic rings. The van der Waals surface area contributed by atoms with Crippen LogP contribution in [0.3, 0.4) is 0 Å². The van der Waals surface area contributed by atoms with E-state index in [0.29, 0.717) is 11.3 Å². The zero-order chi connectivity index (χ0) is 20.0. The SMILES string of the molecule is Cc1ccc2c(c1)[C@@H]1[C@@H](Cl)[C@@H](Sc3ccccc3[N+](=O)[O-])C[C@H]1[C@H](C(=O)O)N2. The Kier molecular flexibility index (Phi) is 4.97. The molecule has 6 nitrogen and oxygen atoms in total. The molecule has 0 amide bonds. The molecule has 2 N–H and O–H groups in total. The van der Waals surface area contributed by atoms with Crippen LogP contribution in [-0.4, -0.2) is 32.7 Å². The first kappa shape index (κ1) is 19.1. The zero-order valence-electron chi connectivity index (χ0n) is 15.0. The van der Waals surface area contributed by atoms with Gasteiger partial charge in [0.2, 0.25) is 0 Å². The van der Waals surface area contributed by atoms with Crippen molar-refractivity contribution in [3.8, 4) is 0 Å². The van der Waals surface area contributed by atoms with Gasteiger partial charge in [-0.15, -0.1) is 23.4 Å². The Morgan fingerprint density at radius 1 is 1.32 bits per heavy atom. The number of alkyl halides is 1. The monoisotopic (exact) mass is 418 g/mol. The molecule has 2 aromatic carbocycles. The van der Waals surface area contributed by atoms with Crippen molar-refractivity contribution >= 4 is 40.7 Å². The van der Waals surface area contributed by atoms with Gasteiger partial charge in [-0.3, -0.25) is 10.1 Å². The van der Waals surface area contributed by atoms with Crippen LogP contribution in [0.15, 0.2) is 47.4 Å². The fraction of sp³-hybridized carbons (Fsp3) is 0.350. The van der Waals surface area contributed by atoms with Gasteiger partial charge in [0.1, 0.15) is 6.04 Å². The Hall–Kier alpha value is -2.25. The number of anilines is 1. The van der Waals surface area contributed by atoms with Crippen LogP contribution in [0, 0.1) is 23.0 Å². The van der Waals surface area contributed by atoms with Gasteiger partial charge >= 0.3 is 5.97 Å². The highest BCUT2D eigenvalue weighted by Crippen LogP contribution is 2.55. The molecule has 0 radical (unpaired) electrons. The van der Waals surface area contributed by atoms with Gasteiger partial charge in [0.05, 0.1) is 15.2 Å². The fourth-order valence-electron chi connectivity index (χ4n) is 4.35. The molecule has 1 saturated carbocycles. The van der Waals surface area contributed by atoms with Crippen molar-refractivity contribution in [1.29, 1.82) is 0 Å². The standard InChI is InChI=1S/C20H19ClN2O4S/c1-10-6-7-13-11(8-10)17-12(19(22-13)20(24)25)9-16(18(17)21)28-15-5-3-2-4-14(15)23(26)27/h2-8,12,16-19,22H,9H2,1H3,(H,24,25)/t12-,16+,17+,18+,19-/m1/s1. The Morgan fingerprint density at radius 3 is 2.79 bits per heavy atom. The van der Waals surface area contributed by atoms with Crippen molar-refractivity contribution in [2.24, 2.45) is 5.92 Å². The second kappa shape index (κ2) is 7.29. The number of hydrogen-bond acceptors (Lipinski definition) is 5. The highest BCUT2D eigenvalue weighted by atomic mass is 35.5. The number of carboxylic acids is 1. The molecule has 0 aromatic heterocycles. The average Bonchev–Trinajstić information content (AvgIpc) is 2.98. The van der Waals surface area contributed by atoms with Gasteiger partial charge in [-0.25, -0.2) is 4.79 Å². The summed E-state index contributed by atoms with van der Waals surface area (Å²) < 4.78 is 0. The summed E-state index contributed by atoms with van der Waals surface area (Å²) in [7, 11) is 0. The number of nitro groups is 1. The maximum atomic E-state index is 11.9. The van der Waals surface area contributed by atoms with Gasteiger partial charge in [-0.05, 0) is 37.0 Å². The number of fused-ring (bicyclic) bond motifs is 3. The van der Waals surface area contributed by atoms with Crippen LogP contribution in [0.4, 0.5) is 11.4 Å². The van der Waals surface area contributed by atoms with Gasteiger partial charge in [-0.1, -0.05) is 29.8 Å². The van der Waals surface area contributed by atoms with Crippen molar-refractivity contribution in [2.75, 3.05) is 5.32 Å². The predicted molar refractivity (Wildman–Crippen MR) is 109 cm³/mol. The minimum Gasteiger partial charge on any atom is -0.480 e. The zero-order valence-corrected chi connectivity index (χ0v) is 16.6. The second-order valence-corrected chi connectivity index (χ2v) is 9.09. The predicted octanol–water partition coefficient (Wildman–Crippen LogP) is 4.65. The van der Waals surface area contributed by atoms with E-state index in [0.717, 1.165) is 16.8 Å². The lowest BCUT2D eigenvalue weighted by Gasteiger charge is -2.36. The molecule has 8 heteroatoms. The second-order valence-electron chi connectivity index (χ2n) is 7.30. The number of aryl methyl sites for hydroxylation is 1. The number of carbonyl (C=O) groups is 1. The molecule has 146 valence electrons. The van der Waals surface area contributed by atoms with E-state index in [1.165, 1.54) is 17.8 Å². The summed E-state index contributed by atoms with van der Waals surface area (Å²) in [6, 6.07) is 11.8. The van der Waals surface area contributed by atoms with E-state index >= 15 is 0 Å². The first-order chi connectivity index (χ1) is 13.4. The molecule has 0 saturated heterocycles.